The molecule has 0 saturated heterocycles. The zero-order chi connectivity index (χ0) is 9.26. The van der Waals surface area contributed by atoms with Gasteiger partial charge in [-0.15, -0.1) is 6.58 Å². The van der Waals surface area contributed by atoms with Crippen molar-refractivity contribution in [3.05, 3.63) is 35.7 Å². The van der Waals surface area contributed by atoms with Crippen LogP contribution in [0.5, 0.6) is 0 Å². The zero-order valence-electron chi connectivity index (χ0n) is 6.90. The fourth-order valence-electron chi connectivity index (χ4n) is 1.13. The van der Waals surface area contributed by atoms with E-state index in [9.17, 15) is 4.79 Å². The molecule has 66 valence electrons. The Labute approximate surface area is 73.8 Å². The molecule has 0 bridgehead atoms. The van der Waals surface area contributed by atoms with Gasteiger partial charge in [0.25, 0.3) is 5.56 Å². The lowest BCUT2D eigenvalue weighted by atomic mass is 10.5. The van der Waals surface area contributed by atoms with Crippen LogP contribution >= 0.6 is 0 Å². The molecule has 1 N–H and O–H groups in total. The van der Waals surface area contributed by atoms with Crippen LogP contribution in [0, 0.1) is 0 Å². The topological polar surface area (TPSA) is 63.6 Å². The van der Waals surface area contributed by atoms with Gasteiger partial charge in [0.1, 0.15) is 6.33 Å². The van der Waals surface area contributed by atoms with Crippen LogP contribution in [0.1, 0.15) is 0 Å². The summed E-state index contributed by atoms with van der Waals surface area (Å²) in [6.07, 6.45) is 4.57. The van der Waals surface area contributed by atoms with Crippen molar-refractivity contribution in [3.8, 4) is 0 Å². The van der Waals surface area contributed by atoms with E-state index in [0.29, 0.717) is 17.7 Å². The molecule has 0 radical (unpaired) electrons. The first-order valence-electron chi connectivity index (χ1n) is 3.82. The van der Waals surface area contributed by atoms with Gasteiger partial charge in [-0.3, -0.25) is 9.36 Å². The van der Waals surface area contributed by atoms with E-state index in [1.54, 1.807) is 6.08 Å². The van der Waals surface area contributed by atoms with Crippen molar-refractivity contribution in [2.75, 3.05) is 0 Å². The summed E-state index contributed by atoms with van der Waals surface area (Å²) in [6.45, 7) is 4.01. The maximum Gasteiger partial charge on any atom is 0.279 e. The van der Waals surface area contributed by atoms with Crippen molar-refractivity contribution in [3.63, 3.8) is 0 Å². The number of rotatable bonds is 2. The molecule has 5 nitrogen and oxygen atoms in total. The lowest BCUT2D eigenvalue weighted by molar-refractivity contribution is 0.765. The van der Waals surface area contributed by atoms with Crippen LogP contribution in [-0.4, -0.2) is 19.5 Å². The number of nitrogens with zero attached hydrogens (tertiary/aromatic N) is 3. The Hall–Kier alpha value is -1.91. The highest BCUT2D eigenvalue weighted by molar-refractivity contribution is 5.67. The number of allylic oxidation sites excluding steroid dienone is 1. The van der Waals surface area contributed by atoms with Crippen molar-refractivity contribution < 1.29 is 0 Å². The van der Waals surface area contributed by atoms with Crippen molar-refractivity contribution in [1.82, 2.24) is 19.5 Å². The van der Waals surface area contributed by atoms with E-state index in [0.717, 1.165) is 0 Å². The standard InChI is InChI=1S/C8H8N4O/c1-2-3-12-5-11-7-6(8(12)13)9-4-10-7/h2,4-5H,1,3H2,(H,9,10). The number of nitrogens with one attached hydrogen (secondary N) is 1. The number of hydrogen-bond donors (Lipinski definition) is 1. The molecule has 0 aromatic carbocycles. The summed E-state index contributed by atoms with van der Waals surface area (Å²) in [4.78, 5) is 22.2. The van der Waals surface area contributed by atoms with E-state index in [1.165, 1.54) is 17.2 Å². The second-order valence-corrected chi connectivity index (χ2v) is 2.59. The van der Waals surface area contributed by atoms with Gasteiger partial charge in [0.15, 0.2) is 11.2 Å². The van der Waals surface area contributed by atoms with Crippen molar-refractivity contribution in [2.24, 2.45) is 0 Å². The monoisotopic (exact) mass is 176 g/mol. The number of aromatic amines is 1. The summed E-state index contributed by atoms with van der Waals surface area (Å²) in [5, 5.41) is 0. The fraction of sp³-hybridized carbons (Fsp3) is 0.125. The summed E-state index contributed by atoms with van der Waals surface area (Å²) in [7, 11) is 0. The quantitative estimate of drug-likeness (QED) is 0.669. The highest BCUT2D eigenvalue weighted by Gasteiger charge is 2.03. The van der Waals surface area contributed by atoms with Crippen LogP contribution < -0.4 is 5.56 Å². The largest absolute Gasteiger partial charge is 0.339 e. The van der Waals surface area contributed by atoms with Crippen LogP contribution in [0.25, 0.3) is 11.2 Å². The van der Waals surface area contributed by atoms with E-state index in [-0.39, 0.29) is 5.56 Å². The average molecular weight is 176 g/mol. The van der Waals surface area contributed by atoms with Crippen LogP contribution in [0.4, 0.5) is 0 Å². The number of hydrogen-bond acceptors (Lipinski definition) is 3. The van der Waals surface area contributed by atoms with Crippen molar-refractivity contribution in [2.45, 2.75) is 6.54 Å². The molecule has 0 amide bonds. The predicted octanol–water partition coefficient (Wildman–Crippen LogP) is 0.306. The lowest BCUT2D eigenvalue weighted by Gasteiger charge is -1.98. The summed E-state index contributed by atoms with van der Waals surface area (Å²) >= 11 is 0. The first kappa shape index (κ1) is 7.72. The maximum atomic E-state index is 11.6. The highest BCUT2D eigenvalue weighted by Crippen LogP contribution is 1.97. The molecule has 13 heavy (non-hydrogen) atoms. The third-order valence-electron chi connectivity index (χ3n) is 1.74. The normalized spacial score (nSPS) is 10.5. The smallest absolute Gasteiger partial charge is 0.279 e. The number of aromatic nitrogens is 4. The lowest BCUT2D eigenvalue weighted by Crippen LogP contribution is -2.19. The summed E-state index contributed by atoms with van der Waals surface area (Å²) in [5.41, 5.74) is 0.761. The van der Waals surface area contributed by atoms with Gasteiger partial charge in [-0.2, -0.15) is 0 Å². The molecule has 0 spiro atoms. The van der Waals surface area contributed by atoms with E-state index in [2.05, 4.69) is 21.5 Å². The molecule has 2 heterocycles. The second-order valence-electron chi connectivity index (χ2n) is 2.59. The first-order chi connectivity index (χ1) is 6.33. The fourth-order valence-corrected chi connectivity index (χ4v) is 1.13. The minimum atomic E-state index is -0.123. The van der Waals surface area contributed by atoms with Gasteiger partial charge in [0, 0.05) is 6.54 Å². The first-order valence-corrected chi connectivity index (χ1v) is 3.82. The Morgan fingerprint density at radius 1 is 1.62 bits per heavy atom. The minimum Gasteiger partial charge on any atom is -0.339 e. The van der Waals surface area contributed by atoms with E-state index in [1.807, 2.05) is 0 Å². The van der Waals surface area contributed by atoms with Crippen molar-refractivity contribution in [1.29, 1.82) is 0 Å². The van der Waals surface area contributed by atoms with E-state index in [4.69, 9.17) is 0 Å². The average Bonchev–Trinajstić information content (AvgIpc) is 2.58. The molecular weight excluding hydrogens is 168 g/mol. The molecular formula is C8H8N4O. The van der Waals surface area contributed by atoms with E-state index >= 15 is 0 Å². The molecule has 0 aliphatic carbocycles. The van der Waals surface area contributed by atoms with Gasteiger partial charge < -0.3 is 4.98 Å². The number of imidazole rings is 1. The van der Waals surface area contributed by atoms with Crippen molar-refractivity contribution >= 4 is 11.2 Å². The Kier molecular flexibility index (Phi) is 1.70. The number of fused-ring (bicyclic) bond motifs is 1. The third kappa shape index (κ3) is 1.14. The predicted molar refractivity (Wildman–Crippen MR) is 48.3 cm³/mol. The van der Waals surface area contributed by atoms with Gasteiger partial charge in [-0.05, 0) is 0 Å². The van der Waals surface area contributed by atoms with E-state index < -0.39 is 0 Å². The van der Waals surface area contributed by atoms with Gasteiger partial charge in [-0.25, -0.2) is 9.97 Å². The SMILES string of the molecule is C=CCn1cnc2nc[nH]c2c1=O. The Balaban J connectivity index is 2.73. The Morgan fingerprint density at radius 2 is 2.46 bits per heavy atom. The third-order valence-corrected chi connectivity index (χ3v) is 1.74. The van der Waals surface area contributed by atoms with Gasteiger partial charge in [0.2, 0.25) is 0 Å². The molecule has 0 fully saturated rings. The highest BCUT2D eigenvalue weighted by atomic mass is 16.1. The molecule has 0 unspecified atom stereocenters. The molecule has 0 aliphatic rings. The Bertz CT molecular complexity index is 496. The van der Waals surface area contributed by atoms with Gasteiger partial charge in [0.05, 0.1) is 6.33 Å². The van der Waals surface area contributed by atoms with Crippen LogP contribution in [0.2, 0.25) is 0 Å². The molecule has 2 aromatic heterocycles. The molecule has 0 saturated carbocycles. The molecule has 0 atom stereocenters. The Morgan fingerprint density at radius 3 is 3.23 bits per heavy atom. The van der Waals surface area contributed by atoms with Gasteiger partial charge >= 0.3 is 0 Å². The van der Waals surface area contributed by atoms with Crippen LogP contribution in [0.15, 0.2) is 30.1 Å². The molecule has 0 aliphatic heterocycles. The molecule has 5 heteroatoms. The summed E-state index contributed by atoms with van der Waals surface area (Å²) in [5.74, 6) is 0. The summed E-state index contributed by atoms with van der Waals surface area (Å²) < 4.78 is 1.47. The maximum absolute atomic E-state index is 11.6. The number of H-pyrrole nitrogens is 1. The van der Waals surface area contributed by atoms with Crippen LogP contribution in [-0.2, 0) is 6.54 Å². The summed E-state index contributed by atoms with van der Waals surface area (Å²) in [6, 6.07) is 0. The van der Waals surface area contributed by atoms with Gasteiger partial charge in [-0.1, -0.05) is 6.08 Å². The zero-order valence-corrected chi connectivity index (χ0v) is 6.90. The van der Waals surface area contributed by atoms with Crippen LogP contribution in [0.3, 0.4) is 0 Å². The minimum absolute atomic E-state index is 0.123. The molecule has 2 rings (SSSR count). The second kappa shape index (κ2) is 2.85. The molecule has 2 aromatic rings.